The van der Waals surface area contributed by atoms with Gasteiger partial charge in [-0.1, -0.05) is 13.8 Å². The van der Waals surface area contributed by atoms with Crippen molar-refractivity contribution in [1.82, 2.24) is 4.90 Å². The Balaban J connectivity index is 1.65. The van der Waals surface area contributed by atoms with E-state index in [0.717, 1.165) is 37.5 Å². The maximum atomic E-state index is 12.1. The third-order valence-corrected chi connectivity index (χ3v) is 8.30. The molecule has 3 saturated carbocycles. The molecule has 124 valence electrons. The number of hydrogen-bond acceptors (Lipinski definition) is 2. The van der Waals surface area contributed by atoms with Crippen LogP contribution in [0.2, 0.25) is 0 Å². The molecule has 3 heteroatoms. The monoisotopic (exact) mass is 305 g/mol. The van der Waals surface area contributed by atoms with Gasteiger partial charge in [0.2, 0.25) is 5.91 Å². The van der Waals surface area contributed by atoms with Crippen LogP contribution in [0.1, 0.15) is 65.2 Å². The second-order valence-corrected chi connectivity index (χ2v) is 9.27. The molecule has 1 saturated heterocycles. The van der Waals surface area contributed by atoms with Crippen molar-refractivity contribution < 1.29 is 9.90 Å². The summed E-state index contributed by atoms with van der Waals surface area (Å²) in [5.74, 6) is 2.59. The molecule has 7 atom stereocenters. The molecule has 0 aromatic carbocycles. The van der Waals surface area contributed by atoms with Gasteiger partial charge in [0.15, 0.2) is 0 Å². The molecular weight excluding hydrogens is 274 g/mol. The minimum absolute atomic E-state index is 0.0742. The number of rotatable bonds is 0. The van der Waals surface area contributed by atoms with E-state index in [1.807, 2.05) is 7.05 Å². The van der Waals surface area contributed by atoms with Crippen LogP contribution < -0.4 is 0 Å². The number of aliphatic hydroxyl groups excluding tert-OH is 1. The quantitative estimate of drug-likeness (QED) is 0.746. The molecule has 4 aliphatic rings. The van der Waals surface area contributed by atoms with E-state index < -0.39 is 0 Å². The number of aliphatic hydroxyl groups is 1. The van der Waals surface area contributed by atoms with Gasteiger partial charge in [0, 0.05) is 19.5 Å². The fraction of sp³-hybridized carbons (Fsp3) is 0.947. The van der Waals surface area contributed by atoms with E-state index in [1.165, 1.54) is 25.7 Å². The summed E-state index contributed by atoms with van der Waals surface area (Å²) in [4.78, 5) is 14.2. The van der Waals surface area contributed by atoms with Gasteiger partial charge in [0.1, 0.15) is 0 Å². The number of carbonyl (C=O) groups is 1. The summed E-state index contributed by atoms with van der Waals surface area (Å²) in [7, 11) is 2.02. The molecule has 4 rings (SSSR count). The third-order valence-electron chi connectivity index (χ3n) is 8.30. The van der Waals surface area contributed by atoms with Crippen molar-refractivity contribution in [2.75, 3.05) is 7.05 Å². The lowest BCUT2D eigenvalue weighted by Crippen LogP contribution is -2.61. The first-order chi connectivity index (χ1) is 10.3. The predicted octanol–water partition coefficient (Wildman–Crippen LogP) is 3.21. The van der Waals surface area contributed by atoms with Crippen LogP contribution in [-0.4, -0.2) is 35.1 Å². The van der Waals surface area contributed by atoms with Crippen molar-refractivity contribution in [2.45, 2.75) is 77.4 Å². The van der Waals surface area contributed by atoms with Crippen molar-refractivity contribution >= 4 is 5.91 Å². The Kier molecular flexibility index (Phi) is 3.21. The second-order valence-electron chi connectivity index (χ2n) is 9.27. The molecule has 1 amide bonds. The van der Waals surface area contributed by atoms with Crippen LogP contribution in [0.4, 0.5) is 0 Å². The summed E-state index contributed by atoms with van der Waals surface area (Å²) in [5.41, 5.74) is 0.681. The highest BCUT2D eigenvalue weighted by Gasteiger charge is 2.60. The molecule has 0 aromatic rings. The third kappa shape index (κ3) is 1.87. The molecule has 0 radical (unpaired) electrons. The van der Waals surface area contributed by atoms with Gasteiger partial charge in [-0.2, -0.15) is 0 Å². The number of nitrogens with zero attached hydrogens (tertiary/aromatic N) is 1. The number of likely N-dealkylation sites (tertiary alicyclic amines) is 1. The average Bonchev–Trinajstić information content (AvgIpc) is 2.78. The summed E-state index contributed by atoms with van der Waals surface area (Å²) >= 11 is 0. The van der Waals surface area contributed by atoms with Crippen LogP contribution in [0.3, 0.4) is 0 Å². The zero-order chi connectivity index (χ0) is 15.7. The van der Waals surface area contributed by atoms with E-state index >= 15 is 0 Å². The highest BCUT2D eigenvalue weighted by molar-refractivity contribution is 5.77. The normalized spacial score (nSPS) is 54.6. The molecule has 3 nitrogen and oxygen atoms in total. The zero-order valence-electron chi connectivity index (χ0n) is 14.3. The molecule has 1 aliphatic heterocycles. The maximum Gasteiger partial charge on any atom is 0.222 e. The molecular formula is C19H31NO2. The van der Waals surface area contributed by atoms with Crippen LogP contribution in [0.5, 0.6) is 0 Å². The van der Waals surface area contributed by atoms with Crippen LogP contribution in [0, 0.1) is 28.6 Å². The minimum atomic E-state index is -0.0742. The molecule has 0 aromatic heterocycles. The van der Waals surface area contributed by atoms with Gasteiger partial charge in [-0.05, 0) is 73.5 Å². The number of amides is 1. The first-order valence-corrected chi connectivity index (χ1v) is 9.29. The zero-order valence-corrected chi connectivity index (χ0v) is 14.3. The molecule has 3 aliphatic carbocycles. The van der Waals surface area contributed by atoms with Gasteiger partial charge in [-0.25, -0.2) is 0 Å². The van der Waals surface area contributed by atoms with Crippen LogP contribution in [0.25, 0.3) is 0 Å². The standard InChI is InChI=1S/C19H31NO2/c1-18-8-6-14-13(15(18)10-12(21)11-18)4-5-16-19(14,2)9-7-17(22)20(16)3/h12-16,21H,4-11H2,1-3H3/t12-,13+,14-,15-,16+,18+,19+/m0/s1. The number of fused-ring (bicyclic) bond motifs is 5. The van der Waals surface area contributed by atoms with Gasteiger partial charge in [-0.3, -0.25) is 4.79 Å². The van der Waals surface area contributed by atoms with Gasteiger partial charge < -0.3 is 10.0 Å². The molecule has 0 unspecified atom stereocenters. The van der Waals surface area contributed by atoms with Gasteiger partial charge in [-0.15, -0.1) is 0 Å². The number of piperidine rings is 1. The molecule has 1 heterocycles. The highest BCUT2D eigenvalue weighted by atomic mass is 16.3. The van der Waals surface area contributed by atoms with Crippen molar-refractivity contribution in [3.05, 3.63) is 0 Å². The number of carbonyl (C=O) groups excluding carboxylic acids is 1. The van der Waals surface area contributed by atoms with Crippen molar-refractivity contribution in [3.63, 3.8) is 0 Å². The lowest BCUT2D eigenvalue weighted by atomic mass is 9.47. The summed E-state index contributed by atoms with van der Waals surface area (Å²) in [6.45, 7) is 4.89. The van der Waals surface area contributed by atoms with Gasteiger partial charge >= 0.3 is 0 Å². The highest BCUT2D eigenvalue weighted by Crippen LogP contribution is 2.64. The van der Waals surface area contributed by atoms with E-state index in [-0.39, 0.29) is 6.10 Å². The SMILES string of the molecule is CN1C(=O)CC[C@]2(C)[C@H]3CC[C@]4(C)C[C@@H](O)C[C@H]4[C@@H]3CC[C@@H]12. The fourth-order valence-corrected chi connectivity index (χ4v) is 7.17. The minimum Gasteiger partial charge on any atom is -0.393 e. The Morgan fingerprint density at radius 2 is 1.91 bits per heavy atom. The average molecular weight is 305 g/mol. The summed E-state index contributed by atoms with van der Waals surface area (Å²) in [6.07, 6.45) is 8.78. The lowest BCUT2D eigenvalue weighted by molar-refractivity contribution is -0.156. The largest absolute Gasteiger partial charge is 0.393 e. The van der Waals surface area contributed by atoms with Crippen LogP contribution in [-0.2, 0) is 4.79 Å². The lowest BCUT2D eigenvalue weighted by Gasteiger charge is -2.61. The van der Waals surface area contributed by atoms with Crippen molar-refractivity contribution in [3.8, 4) is 0 Å². The van der Waals surface area contributed by atoms with E-state index in [9.17, 15) is 9.90 Å². The molecule has 4 fully saturated rings. The smallest absolute Gasteiger partial charge is 0.222 e. The topological polar surface area (TPSA) is 40.5 Å². The van der Waals surface area contributed by atoms with E-state index in [4.69, 9.17) is 0 Å². The van der Waals surface area contributed by atoms with Gasteiger partial charge in [0.05, 0.1) is 6.10 Å². The van der Waals surface area contributed by atoms with Crippen molar-refractivity contribution in [2.24, 2.45) is 28.6 Å². The predicted molar refractivity (Wildman–Crippen MR) is 86.2 cm³/mol. The second kappa shape index (κ2) is 4.72. The van der Waals surface area contributed by atoms with Gasteiger partial charge in [0.25, 0.3) is 0 Å². The fourth-order valence-electron chi connectivity index (χ4n) is 7.17. The summed E-state index contributed by atoms with van der Waals surface area (Å²) < 4.78 is 0. The molecule has 0 spiro atoms. The molecule has 22 heavy (non-hydrogen) atoms. The Morgan fingerprint density at radius 1 is 1.14 bits per heavy atom. The Bertz CT molecular complexity index is 492. The molecule has 0 bridgehead atoms. The first kappa shape index (κ1) is 15.0. The van der Waals surface area contributed by atoms with E-state index in [0.29, 0.717) is 28.7 Å². The Labute approximate surface area is 134 Å². The molecule has 1 N–H and O–H groups in total. The first-order valence-electron chi connectivity index (χ1n) is 9.29. The van der Waals surface area contributed by atoms with Crippen LogP contribution >= 0.6 is 0 Å². The summed E-state index contributed by atoms with van der Waals surface area (Å²) in [5, 5.41) is 10.2. The summed E-state index contributed by atoms with van der Waals surface area (Å²) in [6, 6.07) is 0.450. The van der Waals surface area contributed by atoms with Crippen molar-refractivity contribution in [1.29, 1.82) is 0 Å². The number of hydrogen-bond donors (Lipinski definition) is 1. The maximum absolute atomic E-state index is 12.1. The Hall–Kier alpha value is -0.570. The van der Waals surface area contributed by atoms with E-state index in [1.54, 1.807) is 0 Å². The Morgan fingerprint density at radius 3 is 2.68 bits per heavy atom. The van der Waals surface area contributed by atoms with Crippen LogP contribution in [0.15, 0.2) is 0 Å². The van der Waals surface area contributed by atoms with E-state index in [2.05, 4.69) is 18.7 Å².